The second-order valence-corrected chi connectivity index (χ2v) is 10.5. The fourth-order valence-corrected chi connectivity index (χ4v) is 5.04. The Kier molecular flexibility index (Phi) is 7.67. The van der Waals surface area contributed by atoms with Crippen LogP contribution < -0.4 is 10.6 Å². The SMILES string of the molecule is C[C@H]1CC[C@H](C(=O)Cc2cc(-c3cccc(NC[C@@H]4CCOC(C)(C)C4)n3)c(Cl)cn2)CN1. The molecule has 0 unspecified atom stereocenters. The van der Waals surface area contributed by atoms with Gasteiger partial charge in [0.2, 0.25) is 0 Å². The summed E-state index contributed by atoms with van der Waals surface area (Å²) in [6.45, 7) is 8.88. The Morgan fingerprint density at radius 3 is 2.91 bits per heavy atom. The molecule has 2 saturated heterocycles. The van der Waals surface area contributed by atoms with Gasteiger partial charge in [-0.15, -0.1) is 0 Å². The summed E-state index contributed by atoms with van der Waals surface area (Å²) in [5.74, 6) is 1.67. The third-order valence-corrected chi connectivity index (χ3v) is 7.08. The first-order valence-corrected chi connectivity index (χ1v) is 12.4. The number of ether oxygens (including phenoxy) is 1. The third kappa shape index (κ3) is 6.52. The molecule has 0 radical (unpaired) electrons. The van der Waals surface area contributed by atoms with Crippen LogP contribution in [-0.2, 0) is 16.0 Å². The maximum atomic E-state index is 12.8. The number of anilines is 1. The van der Waals surface area contributed by atoms with E-state index >= 15 is 0 Å². The Morgan fingerprint density at radius 1 is 1.30 bits per heavy atom. The van der Waals surface area contributed by atoms with E-state index in [4.69, 9.17) is 21.3 Å². The summed E-state index contributed by atoms with van der Waals surface area (Å²) in [5, 5.41) is 7.43. The average molecular weight is 471 g/mol. The van der Waals surface area contributed by atoms with Crippen LogP contribution in [-0.4, -0.2) is 47.1 Å². The number of Topliss-reactive ketones (excluding diaryl/α,β-unsaturated/α-hetero) is 1. The normalized spacial score (nSPS) is 24.9. The van der Waals surface area contributed by atoms with Gasteiger partial charge < -0.3 is 15.4 Å². The molecule has 0 spiro atoms. The lowest BCUT2D eigenvalue weighted by atomic mass is 9.88. The van der Waals surface area contributed by atoms with Crippen LogP contribution in [0.25, 0.3) is 11.3 Å². The van der Waals surface area contributed by atoms with E-state index in [-0.39, 0.29) is 17.3 Å². The third-order valence-electron chi connectivity index (χ3n) is 6.78. The van der Waals surface area contributed by atoms with Gasteiger partial charge in [0.1, 0.15) is 11.6 Å². The topological polar surface area (TPSA) is 76.1 Å². The Bertz CT molecular complexity index is 973. The minimum absolute atomic E-state index is 0.0583. The van der Waals surface area contributed by atoms with Gasteiger partial charge in [0, 0.05) is 55.5 Å². The predicted octanol–water partition coefficient (Wildman–Crippen LogP) is 4.91. The average Bonchev–Trinajstić information content (AvgIpc) is 2.79. The number of hydrogen-bond acceptors (Lipinski definition) is 6. The molecule has 2 aliphatic heterocycles. The largest absolute Gasteiger partial charge is 0.376 e. The van der Waals surface area contributed by atoms with Crippen molar-refractivity contribution in [2.45, 2.75) is 64.5 Å². The lowest BCUT2D eigenvalue weighted by Crippen LogP contribution is -2.40. The summed E-state index contributed by atoms with van der Waals surface area (Å²) in [6, 6.07) is 8.30. The van der Waals surface area contributed by atoms with Crippen molar-refractivity contribution >= 4 is 23.2 Å². The van der Waals surface area contributed by atoms with Crippen molar-refractivity contribution in [1.82, 2.24) is 15.3 Å². The summed E-state index contributed by atoms with van der Waals surface area (Å²) in [6.07, 6.45) is 6.01. The zero-order chi connectivity index (χ0) is 23.4. The molecule has 3 atom stereocenters. The molecule has 0 amide bonds. The summed E-state index contributed by atoms with van der Waals surface area (Å²) in [5.41, 5.74) is 2.26. The van der Waals surface area contributed by atoms with Gasteiger partial charge in [-0.25, -0.2) is 4.98 Å². The van der Waals surface area contributed by atoms with E-state index in [0.717, 1.165) is 68.1 Å². The minimum Gasteiger partial charge on any atom is -0.376 e. The van der Waals surface area contributed by atoms with Crippen molar-refractivity contribution in [3.05, 3.63) is 41.2 Å². The number of rotatable bonds is 7. The first-order chi connectivity index (χ1) is 15.8. The Balaban J connectivity index is 1.42. The Labute approximate surface area is 201 Å². The van der Waals surface area contributed by atoms with Gasteiger partial charge in [0.15, 0.2) is 0 Å². The van der Waals surface area contributed by atoms with Crippen molar-refractivity contribution in [3.63, 3.8) is 0 Å². The highest BCUT2D eigenvalue weighted by atomic mass is 35.5. The Hall–Kier alpha value is -2.02. The van der Waals surface area contributed by atoms with Crippen LogP contribution in [0, 0.1) is 11.8 Å². The number of halogens is 1. The molecule has 33 heavy (non-hydrogen) atoms. The molecule has 4 heterocycles. The van der Waals surface area contributed by atoms with E-state index in [9.17, 15) is 4.79 Å². The second kappa shape index (κ2) is 10.5. The smallest absolute Gasteiger partial charge is 0.143 e. The molecule has 6 nitrogen and oxygen atoms in total. The zero-order valence-electron chi connectivity index (χ0n) is 19.9. The second-order valence-electron chi connectivity index (χ2n) is 10.1. The van der Waals surface area contributed by atoms with Gasteiger partial charge in [-0.2, -0.15) is 0 Å². The summed E-state index contributed by atoms with van der Waals surface area (Å²) < 4.78 is 5.83. The summed E-state index contributed by atoms with van der Waals surface area (Å²) in [7, 11) is 0. The molecular weight excluding hydrogens is 436 g/mol. The summed E-state index contributed by atoms with van der Waals surface area (Å²) >= 11 is 6.48. The number of carbonyl (C=O) groups excluding carboxylic acids is 1. The highest BCUT2D eigenvalue weighted by Gasteiger charge is 2.28. The monoisotopic (exact) mass is 470 g/mol. The van der Waals surface area contributed by atoms with Crippen LogP contribution in [0.2, 0.25) is 5.02 Å². The van der Waals surface area contributed by atoms with Crippen LogP contribution in [0.5, 0.6) is 0 Å². The molecule has 2 aromatic rings. The van der Waals surface area contributed by atoms with Crippen LogP contribution in [0.3, 0.4) is 0 Å². The lowest BCUT2D eigenvalue weighted by Gasteiger charge is -2.35. The van der Waals surface area contributed by atoms with E-state index in [1.54, 1.807) is 6.20 Å². The first-order valence-electron chi connectivity index (χ1n) is 12.0. The van der Waals surface area contributed by atoms with Crippen molar-refractivity contribution in [2.75, 3.05) is 25.0 Å². The number of ketones is 1. The number of nitrogens with zero attached hydrogens (tertiary/aromatic N) is 2. The molecule has 4 rings (SSSR count). The van der Waals surface area contributed by atoms with Gasteiger partial charge in [0.25, 0.3) is 0 Å². The highest BCUT2D eigenvalue weighted by molar-refractivity contribution is 6.33. The fourth-order valence-electron chi connectivity index (χ4n) is 4.84. The predicted molar refractivity (Wildman–Crippen MR) is 133 cm³/mol. The Morgan fingerprint density at radius 2 is 2.15 bits per heavy atom. The van der Waals surface area contributed by atoms with E-state index < -0.39 is 0 Å². The standard InChI is InChI=1S/C26H35ClN4O2/c1-17-7-8-19(15-28-17)24(32)12-20-11-21(22(27)16-29-20)23-5-4-6-25(31-23)30-14-18-9-10-33-26(2,3)13-18/h4-6,11,16-19,28H,7-10,12-15H2,1-3H3,(H,30,31)/t17-,18+,19-/m0/s1. The maximum absolute atomic E-state index is 12.8. The minimum atomic E-state index is -0.0653. The molecule has 2 aliphatic rings. The number of nitrogens with one attached hydrogen (secondary N) is 2. The number of aromatic nitrogens is 2. The van der Waals surface area contributed by atoms with Crippen molar-refractivity contribution in [3.8, 4) is 11.3 Å². The first kappa shape index (κ1) is 24.1. The molecule has 0 saturated carbocycles. The quantitative estimate of drug-likeness (QED) is 0.598. The molecule has 0 bridgehead atoms. The molecule has 0 aromatic carbocycles. The van der Waals surface area contributed by atoms with Crippen molar-refractivity contribution < 1.29 is 9.53 Å². The van der Waals surface area contributed by atoms with Gasteiger partial charge >= 0.3 is 0 Å². The van der Waals surface area contributed by atoms with Crippen molar-refractivity contribution in [1.29, 1.82) is 0 Å². The van der Waals surface area contributed by atoms with E-state index in [1.807, 2.05) is 24.3 Å². The molecule has 2 fully saturated rings. The highest BCUT2D eigenvalue weighted by Crippen LogP contribution is 2.30. The molecule has 7 heteroatoms. The number of carbonyl (C=O) groups is 1. The molecule has 0 aliphatic carbocycles. The maximum Gasteiger partial charge on any atom is 0.143 e. The lowest BCUT2D eigenvalue weighted by molar-refractivity contribution is -0.122. The number of hydrogen-bond donors (Lipinski definition) is 2. The van der Waals surface area contributed by atoms with Gasteiger partial charge in [-0.05, 0) is 70.6 Å². The summed E-state index contributed by atoms with van der Waals surface area (Å²) in [4.78, 5) is 22.0. The van der Waals surface area contributed by atoms with Gasteiger partial charge in [0.05, 0.1) is 16.3 Å². The molecular formula is C26H35ClN4O2. The van der Waals surface area contributed by atoms with Crippen LogP contribution in [0.1, 0.15) is 52.1 Å². The van der Waals surface area contributed by atoms with Crippen molar-refractivity contribution in [2.24, 2.45) is 11.8 Å². The van der Waals surface area contributed by atoms with Gasteiger partial charge in [-0.3, -0.25) is 9.78 Å². The number of pyridine rings is 2. The molecule has 2 aromatic heterocycles. The van der Waals surface area contributed by atoms with E-state index in [1.165, 1.54) is 0 Å². The number of piperidine rings is 1. The molecule has 178 valence electrons. The zero-order valence-corrected chi connectivity index (χ0v) is 20.6. The van der Waals surface area contributed by atoms with E-state index in [2.05, 4.69) is 36.4 Å². The molecule has 2 N–H and O–H groups in total. The van der Waals surface area contributed by atoms with Crippen LogP contribution in [0.15, 0.2) is 30.5 Å². The van der Waals surface area contributed by atoms with E-state index in [0.29, 0.717) is 23.4 Å². The van der Waals surface area contributed by atoms with Crippen LogP contribution in [0.4, 0.5) is 5.82 Å². The van der Waals surface area contributed by atoms with Crippen LogP contribution >= 0.6 is 11.6 Å². The fraction of sp³-hybridized carbons (Fsp3) is 0.577. The van der Waals surface area contributed by atoms with Gasteiger partial charge in [-0.1, -0.05) is 17.7 Å².